The van der Waals surface area contributed by atoms with Crippen molar-refractivity contribution >= 4 is 9.04 Å². The number of rotatable bonds is 9. The molecule has 18 heavy (non-hydrogen) atoms. The largest absolute Gasteiger partial charge is 0.540 e. The second kappa shape index (κ2) is 9.03. The van der Waals surface area contributed by atoms with Crippen LogP contribution < -0.4 is 9.16 Å². The number of methoxy groups -OCH3 is 1. The molecule has 0 heterocycles. The van der Waals surface area contributed by atoms with E-state index in [2.05, 4.69) is 13.8 Å². The zero-order valence-corrected chi connectivity index (χ0v) is 12.9. The van der Waals surface area contributed by atoms with Crippen molar-refractivity contribution in [1.29, 1.82) is 0 Å². The average molecular weight is 265 g/mol. The maximum absolute atomic E-state index is 6.22. The fraction of sp³-hybridized carbons (Fsp3) is 0.600. The first kappa shape index (κ1) is 15.1. The Balaban J connectivity index is 2.62. The average Bonchev–Trinajstić information content (AvgIpc) is 2.42. The Morgan fingerprint density at radius 2 is 1.50 bits per heavy atom. The lowest BCUT2D eigenvalue weighted by Crippen LogP contribution is -2.21. The third kappa shape index (κ3) is 5.13. The van der Waals surface area contributed by atoms with Crippen molar-refractivity contribution in [1.82, 2.24) is 0 Å². The van der Waals surface area contributed by atoms with Gasteiger partial charge in [-0.2, -0.15) is 0 Å². The van der Waals surface area contributed by atoms with E-state index in [0.29, 0.717) is 0 Å². The van der Waals surface area contributed by atoms with Crippen LogP contribution in [0.1, 0.15) is 39.5 Å². The Labute approximate surface area is 113 Å². The van der Waals surface area contributed by atoms with Crippen molar-refractivity contribution in [3.63, 3.8) is 0 Å². The zero-order chi connectivity index (χ0) is 13.2. The number of hydrogen-bond donors (Lipinski definition) is 0. The van der Waals surface area contributed by atoms with E-state index in [-0.39, 0.29) is 0 Å². The van der Waals surface area contributed by atoms with Gasteiger partial charge in [0, 0.05) is 0 Å². The molecule has 0 aliphatic carbocycles. The molecule has 0 saturated carbocycles. The number of benzene rings is 1. The Morgan fingerprint density at radius 1 is 0.944 bits per heavy atom. The molecule has 101 valence electrons. The minimum absolute atomic E-state index is 0.734. The summed E-state index contributed by atoms with van der Waals surface area (Å²) in [7, 11) is 0.967. The second-order valence-corrected chi connectivity index (χ2v) is 6.78. The van der Waals surface area contributed by atoms with E-state index < -0.39 is 9.04 Å². The molecule has 0 unspecified atom stereocenters. The van der Waals surface area contributed by atoms with Crippen molar-refractivity contribution in [2.75, 3.05) is 7.11 Å². The summed E-state index contributed by atoms with van der Waals surface area (Å²) in [5.41, 5.74) is 0. The maximum Gasteiger partial charge on any atom is 0.280 e. The van der Waals surface area contributed by atoms with Gasteiger partial charge in [0.1, 0.15) is 5.75 Å². The molecule has 0 amide bonds. The van der Waals surface area contributed by atoms with Crippen molar-refractivity contribution in [2.45, 2.75) is 51.6 Å². The van der Waals surface area contributed by atoms with E-state index in [1.165, 1.54) is 37.8 Å². The Hall–Kier alpha value is -0.963. The van der Waals surface area contributed by atoms with E-state index in [9.17, 15) is 0 Å². The lowest BCUT2D eigenvalue weighted by molar-refractivity contribution is 0.392. The lowest BCUT2D eigenvalue weighted by Gasteiger charge is -2.18. The van der Waals surface area contributed by atoms with Crippen LogP contribution in [0.3, 0.4) is 0 Å². The summed E-state index contributed by atoms with van der Waals surface area (Å²) in [5, 5.41) is 0. The molecule has 0 saturated heterocycles. The highest BCUT2D eigenvalue weighted by molar-refractivity contribution is 6.52. The van der Waals surface area contributed by atoms with Crippen LogP contribution in [0.4, 0.5) is 0 Å². The van der Waals surface area contributed by atoms with Crippen molar-refractivity contribution in [3.05, 3.63) is 24.3 Å². The summed E-state index contributed by atoms with van der Waals surface area (Å²) < 4.78 is 11.6. The van der Waals surface area contributed by atoms with Gasteiger partial charge in [-0.15, -0.1) is 0 Å². The van der Waals surface area contributed by atoms with Crippen molar-refractivity contribution in [3.8, 4) is 11.5 Å². The molecule has 0 spiro atoms. The molecule has 0 atom stereocenters. The van der Waals surface area contributed by atoms with Gasteiger partial charge in [0.15, 0.2) is 5.75 Å². The molecule has 1 rings (SSSR count). The standard InChI is InChI=1S/C15H25O2Si/c1-4-6-12-18(13-7-5-2)17-15-11-9-8-10-14(15)16-3/h8-11H,4-7,12-13H2,1-3H3. The zero-order valence-electron chi connectivity index (χ0n) is 11.9. The molecule has 2 nitrogen and oxygen atoms in total. The van der Waals surface area contributed by atoms with Gasteiger partial charge in [0.25, 0.3) is 9.04 Å². The van der Waals surface area contributed by atoms with Gasteiger partial charge in [-0.25, -0.2) is 0 Å². The normalized spacial score (nSPS) is 10.7. The van der Waals surface area contributed by atoms with Gasteiger partial charge < -0.3 is 9.16 Å². The Kier molecular flexibility index (Phi) is 7.57. The lowest BCUT2D eigenvalue weighted by atomic mass is 10.3. The van der Waals surface area contributed by atoms with E-state index in [1.807, 2.05) is 24.3 Å². The van der Waals surface area contributed by atoms with Crippen LogP contribution in [-0.4, -0.2) is 16.2 Å². The predicted octanol–water partition coefficient (Wildman–Crippen LogP) is 4.67. The first-order valence-electron chi connectivity index (χ1n) is 6.97. The Bertz CT molecular complexity index is 320. The molecule has 0 aliphatic heterocycles. The molecule has 0 fully saturated rings. The molecule has 1 aromatic rings. The summed E-state index contributed by atoms with van der Waals surface area (Å²) in [5.74, 6) is 1.77. The molecule has 1 aromatic carbocycles. The van der Waals surface area contributed by atoms with Crippen LogP contribution in [0.5, 0.6) is 11.5 Å². The van der Waals surface area contributed by atoms with E-state index in [1.54, 1.807) is 7.11 Å². The fourth-order valence-corrected chi connectivity index (χ4v) is 4.26. The van der Waals surface area contributed by atoms with Crippen LogP contribution in [0.15, 0.2) is 24.3 Å². The first-order chi connectivity index (χ1) is 8.81. The molecular formula is C15H25O2Si. The minimum atomic E-state index is -0.734. The molecule has 0 bridgehead atoms. The van der Waals surface area contributed by atoms with E-state index in [0.717, 1.165) is 11.5 Å². The van der Waals surface area contributed by atoms with Gasteiger partial charge in [-0.05, 0) is 24.2 Å². The summed E-state index contributed by atoms with van der Waals surface area (Å²) in [6.07, 6.45) is 5.03. The van der Waals surface area contributed by atoms with Gasteiger partial charge >= 0.3 is 0 Å². The first-order valence-corrected chi connectivity index (χ1v) is 8.79. The van der Waals surface area contributed by atoms with Crippen LogP contribution in [0.25, 0.3) is 0 Å². The number of para-hydroxylation sites is 2. The van der Waals surface area contributed by atoms with Crippen LogP contribution in [0.2, 0.25) is 12.1 Å². The smallest absolute Gasteiger partial charge is 0.280 e. The highest BCUT2D eigenvalue weighted by Crippen LogP contribution is 2.28. The fourth-order valence-electron chi connectivity index (χ4n) is 1.83. The number of ether oxygens (including phenoxy) is 1. The summed E-state index contributed by atoms with van der Waals surface area (Å²) in [6.45, 7) is 4.48. The summed E-state index contributed by atoms with van der Waals surface area (Å²) >= 11 is 0. The topological polar surface area (TPSA) is 18.5 Å². The van der Waals surface area contributed by atoms with E-state index in [4.69, 9.17) is 9.16 Å². The van der Waals surface area contributed by atoms with Crippen molar-refractivity contribution in [2.24, 2.45) is 0 Å². The summed E-state index contributed by atoms with van der Waals surface area (Å²) in [4.78, 5) is 0. The molecule has 0 N–H and O–H groups in total. The second-order valence-electron chi connectivity index (χ2n) is 4.50. The molecule has 3 heteroatoms. The quantitative estimate of drug-likeness (QED) is 0.604. The molecule has 0 aromatic heterocycles. The van der Waals surface area contributed by atoms with Gasteiger partial charge in [-0.1, -0.05) is 51.7 Å². The van der Waals surface area contributed by atoms with Gasteiger partial charge in [-0.3, -0.25) is 0 Å². The minimum Gasteiger partial charge on any atom is -0.540 e. The SMILES string of the molecule is CCCC[Si](CCCC)Oc1ccccc1OC. The van der Waals surface area contributed by atoms with Gasteiger partial charge in [0.2, 0.25) is 0 Å². The van der Waals surface area contributed by atoms with Crippen LogP contribution in [-0.2, 0) is 0 Å². The molecule has 1 radical (unpaired) electrons. The predicted molar refractivity (Wildman–Crippen MR) is 78.8 cm³/mol. The molecular weight excluding hydrogens is 240 g/mol. The van der Waals surface area contributed by atoms with Crippen LogP contribution in [0, 0.1) is 0 Å². The molecule has 0 aliphatic rings. The van der Waals surface area contributed by atoms with Crippen LogP contribution >= 0.6 is 0 Å². The van der Waals surface area contributed by atoms with Gasteiger partial charge in [0.05, 0.1) is 7.11 Å². The highest BCUT2D eigenvalue weighted by Gasteiger charge is 2.16. The van der Waals surface area contributed by atoms with E-state index >= 15 is 0 Å². The maximum atomic E-state index is 6.22. The third-order valence-corrected chi connectivity index (χ3v) is 5.27. The highest BCUT2D eigenvalue weighted by atomic mass is 28.3. The van der Waals surface area contributed by atoms with Crippen molar-refractivity contribution < 1.29 is 9.16 Å². The monoisotopic (exact) mass is 265 g/mol. The Morgan fingerprint density at radius 3 is 2.00 bits per heavy atom. The number of hydrogen-bond acceptors (Lipinski definition) is 2. The summed E-state index contributed by atoms with van der Waals surface area (Å²) in [6, 6.07) is 10.4. The third-order valence-electron chi connectivity index (χ3n) is 2.94. The number of unbranched alkanes of at least 4 members (excludes halogenated alkanes) is 2.